The second-order valence-electron chi connectivity index (χ2n) is 3.57. The number of nitrogens with zero attached hydrogens (tertiary/aromatic N) is 1. The molecule has 82 valence electrons. The standard InChI is InChI=1S/C11H14FNO2/c12-10-3-1-2-4-11(10)13-5-6-15-9(7-13)8-14/h1-4,9,14H,5-8H2. The molecule has 1 N–H and O–H groups in total. The third kappa shape index (κ3) is 2.27. The molecule has 3 nitrogen and oxygen atoms in total. The van der Waals surface area contributed by atoms with Crippen LogP contribution in [0.4, 0.5) is 10.1 Å². The predicted molar refractivity (Wildman–Crippen MR) is 55.4 cm³/mol. The van der Waals surface area contributed by atoms with Crippen molar-refractivity contribution in [1.82, 2.24) is 0 Å². The van der Waals surface area contributed by atoms with Gasteiger partial charge in [-0.2, -0.15) is 0 Å². The number of aliphatic hydroxyl groups excluding tert-OH is 1. The van der Waals surface area contributed by atoms with Crippen molar-refractivity contribution in [2.75, 3.05) is 31.2 Å². The van der Waals surface area contributed by atoms with Crippen LogP contribution < -0.4 is 4.90 Å². The number of halogens is 1. The number of benzene rings is 1. The Kier molecular flexibility index (Phi) is 3.18. The van der Waals surface area contributed by atoms with Crippen LogP contribution in [-0.4, -0.2) is 37.5 Å². The molecule has 1 fully saturated rings. The van der Waals surface area contributed by atoms with Gasteiger partial charge < -0.3 is 14.7 Å². The van der Waals surface area contributed by atoms with Gasteiger partial charge in [0.25, 0.3) is 0 Å². The molecular formula is C11H14FNO2. The first-order valence-corrected chi connectivity index (χ1v) is 5.03. The fourth-order valence-electron chi connectivity index (χ4n) is 1.76. The van der Waals surface area contributed by atoms with Gasteiger partial charge in [-0.1, -0.05) is 12.1 Å². The van der Waals surface area contributed by atoms with Gasteiger partial charge in [0.15, 0.2) is 0 Å². The maximum Gasteiger partial charge on any atom is 0.146 e. The molecule has 15 heavy (non-hydrogen) atoms. The van der Waals surface area contributed by atoms with Crippen LogP contribution >= 0.6 is 0 Å². The molecule has 1 aliphatic rings. The highest BCUT2D eigenvalue weighted by Gasteiger charge is 2.21. The summed E-state index contributed by atoms with van der Waals surface area (Å²) in [6.45, 7) is 1.71. The van der Waals surface area contributed by atoms with Crippen LogP contribution in [0.25, 0.3) is 0 Å². The average Bonchev–Trinajstić information content (AvgIpc) is 2.30. The molecule has 4 heteroatoms. The summed E-state index contributed by atoms with van der Waals surface area (Å²) in [5, 5.41) is 8.98. The Morgan fingerprint density at radius 1 is 1.47 bits per heavy atom. The van der Waals surface area contributed by atoms with E-state index >= 15 is 0 Å². The van der Waals surface area contributed by atoms with Crippen molar-refractivity contribution >= 4 is 5.69 Å². The zero-order chi connectivity index (χ0) is 10.7. The molecule has 0 aliphatic carbocycles. The molecule has 1 unspecified atom stereocenters. The Labute approximate surface area is 88.1 Å². The van der Waals surface area contributed by atoms with Crippen LogP contribution in [0.2, 0.25) is 0 Å². The minimum atomic E-state index is -0.226. The largest absolute Gasteiger partial charge is 0.394 e. The second-order valence-corrected chi connectivity index (χ2v) is 3.57. The van der Waals surface area contributed by atoms with E-state index in [0.717, 1.165) is 0 Å². The smallest absolute Gasteiger partial charge is 0.146 e. The highest BCUT2D eigenvalue weighted by Crippen LogP contribution is 2.20. The molecule has 1 aliphatic heterocycles. The van der Waals surface area contributed by atoms with Crippen molar-refractivity contribution in [2.24, 2.45) is 0 Å². The third-order valence-corrected chi connectivity index (χ3v) is 2.54. The Morgan fingerprint density at radius 2 is 2.27 bits per heavy atom. The van der Waals surface area contributed by atoms with Gasteiger partial charge in [-0.3, -0.25) is 0 Å². The Hall–Kier alpha value is -1.13. The summed E-state index contributed by atoms with van der Waals surface area (Å²) in [4.78, 5) is 1.90. The number of hydrogen-bond donors (Lipinski definition) is 1. The fraction of sp³-hybridized carbons (Fsp3) is 0.455. The van der Waals surface area contributed by atoms with Crippen molar-refractivity contribution in [3.8, 4) is 0 Å². The second kappa shape index (κ2) is 4.59. The van der Waals surface area contributed by atoms with E-state index in [2.05, 4.69) is 0 Å². The lowest BCUT2D eigenvalue weighted by Crippen LogP contribution is -2.44. The van der Waals surface area contributed by atoms with Crippen molar-refractivity contribution in [1.29, 1.82) is 0 Å². The zero-order valence-electron chi connectivity index (χ0n) is 8.40. The molecule has 1 aromatic carbocycles. The summed E-state index contributed by atoms with van der Waals surface area (Å²) in [6, 6.07) is 6.67. The minimum Gasteiger partial charge on any atom is -0.394 e. The maximum atomic E-state index is 13.5. The van der Waals surface area contributed by atoms with Crippen molar-refractivity contribution in [3.05, 3.63) is 30.1 Å². The number of anilines is 1. The molecule has 1 atom stereocenters. The highest BCUT2D eigenvalue weighted by molar-refractivity contribution is 5.48. The number of ether oxygens (including phenoxy) is 1. The number of aliphatic hydroxyl groups is 1. The van der Waals surface area contributed by atoms with Gasteiger partial charge in [-0.15, -0.1) is 0 Å². The Balaban J connectivity index is 2.13. The summed E-state index contributed by atoms with van der Waals surface area (Å²) >= 11 is 0. The van der Waals surface area contributed by atoms with Gasteiger partial charge in [-0.05, 0) is 12.1 Å². The lowest BCUT2D eigenvalue weighted by Gasteiger charge is -2.33. The van der Waals surface area contributed by atoms with Crippen LogP contribution in [0.3, 0.4) is 0 Å². The predicted octanol–water partition coefficient (Wildman–Crippen LogP) is 1.02. The summed E-state index contributed by atoms with van der Waals surface area (Å²) < 4.78 is 18.8. The Morgan fingerprint density at radius 3 is 3.00 bits per heavy atom. The number of morpholine rings is 1. The SMILES string of the molecule is OCC1CN(c2ccccc2F)CCO1. The summed E-state index contributed by atoms with van der Waals surface area (Å²) in [5.41, 5.74) is 0.583. The monoisotopic (exact) mass is 211 g/mol. The van der Waals surface area contributed by atoms with Crippen LogP contribution in [-0.2, 0) is 4.74 Å². The van der Waals surface area contributed by atoms with Gasteiger partial charge in [0.05, 0.1) is 25.0 Å². The van der Waals surface area contributed by atoms with Gasteiger partial charge in [0.2, 0.25) is 0 Å². The Bertz CT molecular complexity index is 332. The van der Waals surface area contributed by atoms with Gasteiger partial charge in [-0.25, -0.2) is 4.39 Å². The van der Waals surface area contributed by atoms with Gasteiger partial charge in [0.1, 0.15) is 5.82 Å². The molecule has 0 spiro atoms. The lowest BCUT2D eigenvalue weighted by atomic mass is 10.2. The normalized spacial score (nSPS) is 21.7. The first kappa shape index (κ1) is 10.4. The molecule has 0 radical (unpaired) electrons. The number of hydrogen-bond acceptors (Lipinski definition) is 3. The average molecular weight is 211 g/mol. The maximum absolute atomic E-state index is 13.5. The van der Waals surface area contributed by atoms with E-state index in [1.165, 1.54) is 6.07 Å². The molecule has 0 saturated carbocycles. The third-order valence-electron chi connectivity index (χ3n) is 2.54. The lowest BCUT2D eigenvalue weighted by molar-refractivity contribution is 0.00341. The molecular weight excluding hydrogens is 197 g/mol. The van der Waals surface area contributed by atoms with Gasteiger partial charge >= 0.3 is 0 Å². The quantitative estimate of drug-likeness (QED) is 0.792. The number of rotatable bonds is 2. The summed E-state index contributed by atoms with van der Waals surface area (Å²) in [7, 11) is 0. The highest BCUT2D eigenvalue weighted by atomic mass is 19.1. The van der Waals surface area contributed by atoms with Crippen molar-refractivity contribution < 1.29 is 14.2 Å². The molecule has 1 aromatic rings. The van der Waals surface area contributed by atoms with E-state index in [0.29, 0.717) is 25.4 Å². The molecule has 1 heterocycles. The van der Waals surface area contributed by atoms with Crippen LogP contribution in [0.5, 0.6) is 0 Å². The number of para-hydroxylation sites is 1. The van der Waals surface area contributed by atoms with Crippen LogP contribution in [0.15, 0.2) is 24.3 Å². The first-order valence-electron chi connectivity index (χ1n) is 5.03. The van der Waals surface area contributed by atoms with E-state index in [-0.39, 0.29) is 18.5 Å². The van der Waals surface area contributed by atoms with E-state index in [1.54, 1.807) is 12.1 Å². The molecule has 2 rings (SSSR count). The van der Waals surface area contributed by atoms with E-state index in [1.807, 2.05) is 11.0 Å². The summed E-state index contributed by atoms with van der Waals surface area (Å²) in [5.74, 6) is -0.226. The van der Waals surface area contributed by atoms with Gasteiger partial charge in [0, 0.05) is 13.1 Å². The zero-order valence-corrected chi connectivity index (χ0v) is 8.40. The van der Waals surface area contributed by atoms with Crippen LogP contribution in [0.1, 0.15) is 0 Å². The summed E-state index contributed by atoms with van der Waals surface area (Å²) in [6.07, 6.45) is -0.210. The topological polar surface area (TPSA) is 32.7 Å². The molecule has 1 saturated heterocycles. The van der Waals surface area contributed by atoms with E-state index in [9.17, 15) is 4.39 Å². The van der Waals surface area contributed by atoms with Crippen LogP contribution in [0, 0.1) is 5.82 Å². The van der Waals surface area contributed by atoms with Crippen molar-refractivity contribution in [3.63, 3.8) is 0 Å². The van der Waals surface area contributed by atoms with E-state index < -0.39 is 0 Å². The molecule has 0 bridgehead atoms. The molecule has 0 amide bonds. The molecule has 0 aromatic heterocycles. The fourth-order valence-corrected chi connectivity index (χ4v) is 1.76. The minimum absolute atomic E-state index is 0.0229. The first-order chi connectivity index (χ1) is 7.31. The van der Waals surface area contributed by atoms with Crippen molar-refractivity contribution in [2.45, 2.75) is 6.10 Å². The van der Waals surface area contributed by atoms with E-state index in [4.69, 9.17) is 9.84 Å².